The quantitative estimate of drug-likeness (QED) is 0.761. The molecule has 2 aliphatic carbocycles. The van der Waals surface area contributed by atoms with E-state index in [2.05, 4.69) is 53.5 Å². The SMILES string of the molecule is CC/C(=C\c1ccccc1)[C@@H]1C[C@H]1NC1CC2(CCN(CC(C)O)CC2)C1. The number of β-amino-alcohol motifs (C(OH)–C–C–N with tert-alkyl or cyclic N) is 1. The maximum Gasteiger partial charge on any atom is 0.0639 e. The number of rotatable bonds is 7. The van der Waals surface area contributed by atoms with Crippen LogP contribution in [0.3, 0.4) is 0 Å². The van der Waals surface area contributed by atoms with Gasteiger partial charge in [-0.25, -0.2) is 0 Å². The second kappa shape index (κ2) is 8.06. The molecule has 2 saturated carbocycles. The Morgan fingerprint density at radius 3 is 2.59 bits per heavy atom. The number of aliphatic hydroxyl groups excluding tert-OH is 1. The summed E-state index contributed by atoms with van der Waals surface area (Å²) in [5, 5.41) is 13.5. The van der Waals surface area contributed by atoms with Gasteiger partial charge in [0.2, 0.25) is 0 Å². The Morgan fingerprint density at radius 2 is 1.96 bits per heavy atom. The van der Waals surface area contributed by atoms with Crippen molar-refractivity contribution >= 4 is 6.08 Å². The summed E-state index contributed by atoms with van der Waals surface area (Å²) >= 11 is 0. The Hall–Kier alpha value is -1.16. The van der Waals surface area contributed by atoms with E-state index >= 15 is 0 Å². The molecule has 148 valence electrons. The first kappa shape index (κ1) is 19.2. The van der Waals surface area contributed by atoms with E-state index in [9.17, 15) is 5.11 Å². The van der Waals surface area contributed by atoms with Gasteiger partial charge in [-0.15, -0.1) is 0 Å². The zero-order valence-corrected chi connectivity index (χ0v) is 17.0. The van der Waals surface area contributed by atoms with Gasteiger partial charge < -0.3 is 15.3 Å². The van der Waals surface area contributed by atoms with Crippen LogP contribution in [0.15, 0.2) is 35.9 Å². The molecular formula is C24H36N2O. The van der Waals surface area contributed by atoms with Crippen LogP contribution in [0.2, 0.25) is 0 Å². The van der Waals surface area contributed by atoms with Gasteiger partial charge in [-0.3, -0.25) is 0 Å². The Kier molecular flexibility index (Phi) is 5.73. The van der Waals surface area contributed by atoms with Crippen molar-refractivity contribution in [1.82, 2.24) is 10.2 Å². The molecule has 1 unspecified atom stereocenters. The van der Waals surface area contributed by atoms with Crippen LogP contribution in [-0.2, 0) is 0 Å². The fourth-order valence-corrected chi connectivity index (χ4v) is 5.42. The Labute approximate surface area is 164 Å². The summed E-state index contributed by atoms with van der Waals surface area (Å²) in [6, 6.07) is 12.2. The summed E-state index contributed by atoms with van der Waals surface area (Å²) in [4.78, 5) is 2.44. The molecule has 3 fully saturated rings. The first-order valence-corrected chi connectivity index (χ1v) is 11.0. The van der Waals surface area contributed by atoms with Gasteiger partial charge >= 0.3 is 0 Å². The van der Waals surface area contributed by atoms with Gasteiger partial charge in [-0.05, 0) is 75.4 Å². The Bertz CT molecular complexity index is 638. The van der Waals surface area contributed by atoms with Gasteiger partial charge in [0.05, 0.1) is 6.10 Å². The van der Waals surface area contributed by atoms with Crippen LogP contribution in [-0.4, -0.2) is 47.8 Å². The minimum Gasteiger partial charge on any atom is -0.392 e. The van der Waals surface area contributed by atoms with Gasteiger partial charge in [0.25, 0.3) is 0 Å². The van der Waals surface area contributed by atoms with Gasteiger partial charge in [-0.2, -0.15) is 0 Å². The number of hydrogen-bond acceptors (Lipinski definition) is 3. The first-order valence-electron chi connectivity index (χ1n) is 11.0. The first-order chi connectivity index (χ1) is 13.1. The van der Waals surface area contributed by atoms with E-state index in [0.717, 1.165) is 24.9 Å². The molecule has 0 amide bonds. The lowest BCUT2D eigenvalue weighted by molar-refractivity contribution is -0.00555. The molecule has 4 rings (SSSR count). The van der Waals surface area contributed by atoms with Crippen LogP contribution in [0.1, 0.15) is 57.9 Å². The molecule has 2 N–H and O–H groups in total. The molecule has 0 aromatic heterocycles. The number of aliphatic hydroxyl groups is 1. The highest BCUT2D eigenvalue weighted by atomic mass is 16.3. The minimum atomic E-state index is -0.196. The van der Waals surface area contributed by atoms with Crippen molar-refractivity contribution in [3.63, 3.8) is 0 Å². The molecule has 3 atom stereocenters. The highest BCUT2D eigenvalue weighted by Crippen LogP contribution is 2.51. The molecule has 3 aliphatic rings. The Balaban J connectivity index is 1.22. The zero-order valence-electron chi connectivity index (χ0n) is 17.0. The molecule has 1 heterocycles. The second-order valence-corrected chi connectivity index (χ2v) is 9.35. The summed E-state index contributed by atoms with van der Waals surface area (Å²) in [6.07, 6.45) is 10.1. The molecule has 1 aromatic rings. The smallest absolute Gasteiger partial charge is 0.0639 e. The maximum atomic E-state index is 9.58. The van der Waals surface area contributed by atoms with Crippen molar-refractivity contribution < 1.29 is 5.11 Å². The van der Waals surface area contributed by atoms with Crippen LogP contribution in [0.25, 0.3) is 6.08 Å². The van der Waals surface area contributed by atoms with Crippen LogP contribution in [0, 0.1) is 11.3 Å². The number of piperidine rings is 1. The van der Waals surface area contributed by atoms with Crippen LogP contribution >= 0.6 is 0 Å². The zero-order chi connectivity index (χ0) is 18.9. The highest BCUT2D eigenvalue weighted by molar-refractivity contribution is 5.54. The predicted octanol–water partition coefficient (Wildman–Crippen LogP) is 4.08. The summed E-state index contributed by atoms with van der Waals surface area (Å²) < 4.78 is 0. The predicted molar refractivity (Wildman–Crippen MR) is 113 cm³/mol. The molecule has 3 heteroatoms. The number of nitrogens with zero attached hydrogens (tertiary/aromatic N) is 1. The molecule has 3 nitrogen and oxygen atoms in total. The number of likely N-dealkylation sites (tertiary alicyclic amines) is 1. The number of nitrogens with one attached hydrogen (secondary N) is 1. The van der Waals surface area contributed by atoms with E-state index in [0.29, 0.717) is 11.5 Å². The van der Waals surface area contributed by atoms with Gasteiger partial charge in [0, 0.05) is 18.6 Å². The van der Waals surface area contributed by atoms with Crippen molar-refractivity contribution in [3.05, 3.63) is 41.5 Å². The van der Waals surface area contributed by atoms with E-state index in [-0.39, 0.29) is 6.10 Å². The monoisotopic (exact) mass is 368 g/mol. The van der Waals surface area contributed by atoms with Crippen molar-refractivity contribution in [2.24, 2.45) is 11.3 Å². The van der Waals surface area contributed by atoms with Gasteiger partial charge in [0.1, 0.15) is 0 Å². The average molecular weight is 369 g/mol. The molecular weight excluding hydrogens is 332 g/mol. The van der Waals surface area contributed by atoms with Crippen molar-refractivity contribution in [2.45, 2.75) is 70.6 Å². The molecule has 0 radical (unpaired) electrons. The number of hydrogen-bond donors (Lipinski definition) is 2. The fraction of sp³-hybridized carbons (Fsp3) is 0.667. The molecule has 0 bridgehead atoms. The number of benzene rings is 1. The lowest BCUT2D eigenvalue weighted by Crippen LogP contribution is -2.54. The van der Waals surface area contributed by atoms with Crippen LogP contribution in [0.5, 0.6) is 0 Å². The fourth-order valence-electron chi connectivity index (χ4n) is 5.42. The second-order valence-electron chi connectivity index (χ2n) is 9.35. The van der Waals surface area contributed by atoms with Crippen molar-refractivity contribution in [3.8, 4) is 0 Å². The molecule has 1 saturated heterocycles. The third-order valence-corrected chi connectivity index (χ3v) is 7.07. The average Bonchev–Trinajstić information content (AvgIpc) is 3.39. The van der Waals surface area contributed by atoms with E-state index in [1.165, 1.54) is 50.8 Å². The van der Waals surface area contributed by atoms with Crippen LogP contribution < -0.4 is 5.32 Å². The summed E-state index contributed by atoms with van der Waals surface area (Å²) in [5.74, 6) is 0.750. The molecule has 1 spiro atoms. The van der Waals surface area contributed by atoms with Crippen LogP contribution in [0.4, 0.5) is 0 Å². The van der Waals surface area contributed by atoms with E-state index in [4.69, 9.17) is 0 Å². The normalized spacial score (nSPS) is 29.5. The van der Waals surface area contributed by atoms with E-state index < -0.39 is 0 Å². The van der Waals surface area contributed by atoms with Gasteiger partial charge in [-0.1, -0.05) is 48.9 Å². The lowest BCUT2D eigenvalue weighted by atomic mass is 9.60. The largest absolute Gasteiger partial charge is 0.392 e. The topological polar surface area (TPSA) is 35.5 Å². The van der Waals surface area contributed by atoms with E-state index in [1.807, 2.05) is 6.92 Å². The third kappa shape index (κ3) is 4.64. The summed E-state index contributed by atoms with van der Waals surface area (Å²) in [6.45, 7) is 7.38. The summed E-state index contributed by atoms with van der Waals surface area (Å²) in [7, 11) is 0. The molecule has 1 aliphatic heterocycles. The minimum absolute atomic E-state index is 0.196. The highest BCUT2D eigenvalue weighted by Gasteiger charge is 2.49. The standard InChI is InChI=1S/C24H36N2O/c1-3-20(13-19-7-5-4-6-8-19)22-14-23(22)25-21-15-24(16-21)9-11-26(12-10-24)17-18(2)27/h4-8,13,18,21-23,25,27H,3,9-12,14-17H2,1-2H3/b20-13+/t18?,22-,23+/m0/s1. The Morgan fingerprint density at radius 1 is 1.26 bits per heavy atom. The molecule has 1 aromatic carbocycles. The third-order valence-electron chi connectivity index (χ3n) is 7.07. The maximum absolute atomic E-state index is 9.58. The summed E-state index contributed by atoms with van der Waals surface area (Å²) in [5.41, 5.74) is 3.55. The lowest BCUT2D eigenvalue weighted by Gasteiger charge is -2.53. The van der Waals surface area contributed by atoms with Gasteiger partial charge in [0.15, 0.2) is 0 Å². The molecule has 27 heavy (non-hydrogen) atoms. The van der Waals surface area contributed by atoms with E-state index in [1.54, 1.807) is 5.57 Å². The van der Waals surface area contributed by atoms with Crippen molar-refractivity contribution in [1.29, 1.82) is 0 Å². The van der Waals surface area contributed by atoms with Crippen molar-refractivity contribution in [2.75, 3.05) is 19.6 Å².